The normalized spacial score (nSPS) is 11.4. The predicted octanol–water partition coefficient (Wildman–Crippen LogP) is 5.55. The van der Waals surface area contributed by atoms with Crippen molar-refractivity contribution >= 4 is 55.4 Å². The van der Waals surface area contributed by atoms with E-state index in [1.54, 1.807) is 42.6 Å². The fourth-order valence-corrected chi connectivity index (χ4v) is 5.37. The van der Waals surface area contributed by atoms with Crippen molar-refractivity contribution in [3.63, 3.8) is 0 Å². The Morgan fingerprint density at radius 3 is 2.64 bits per heavy atom. The first-order valence-electron chi connectivity index (χ1n) is 8.36. The van der Waals surface area contributed by atoms with E-state index in [9.17, 15) is 13.2 Å². The van der Waals surface area contributed by atoms with Crippen molar-refractivity contribution in [2.24, 2.45) is 0 Å². The molecule has 28 heavy (non-hydrogen) atoms. The molecule has 1 N–H and O–H groups in total. The molecule has 3 aromatic rings. The molecule has 0 bridgehead atoms. The van der Waals surface area contributed by atoms with Gasteiger partial charge in [-0.25, -0.2) is 13.4 Å². The summed E-state index contributed by atoms with van der Waals surface area (Å²) in [6.07, 6.45) is 0.468. The highest BCUT2D eigenvalue weighted by Crippen LogP contribution is 2.32. The number of nitrogens with one attached hydrogen (secondary N) is 1. The zero-order chi connectivity index (χ0) is 20.3. The largest absolute Gasteiger partial charge is 0.298 e. The molecule has 1 heterocycles. The number of benzene rings is 2. The lowest BCUT2D eigenvalue weighted by Crippen LogP contribution is -2.17. The minimum absolute atomic E-state index is 0.0201. The number of carbonyl (C=O) groups excluding carboxylic acids is 1. The highest BCUT2D eigenvalue weighted by molar-refractivity contribution is 7.91. The fourth-order valence-electron chi connectivity index (χ4n) is 2.62. The molecule has 0 atom stereocenters. The lowest BCUT2D eigenvalue weighted by atomic mass is 10.2. The van der Waals surface area contributed by atoms with E-state index in [-0.39, 0.29) is 16.2 Å². The molecule has 0 radical (unpaired) electrons. The summed E-state index contributed by atoms with van der Waals surface area (Å²) in [7, 11) is -3.53. The number of amides is 1. The molecule has 0 aliphatic rings. The summed E-state index contributed by atoms with van der Waals surface area (Å²) >= 11 is 13.3. The molecule has 0 aliphatic heterocycles. The summed E-state index contributed by atoms with van der Waals surface area (Å²) in [6.45, 7) is 1.78. The molecule has 0 saturated carbocycles. The number of aromatic nitrogens is 1. The average Bonchev–Trinajstić information content (AvgIpc) is 3.09. The lowest BCUT2D eigenvalue weighted by molar-refractivity contribution is 0.102. The number of hydrogen-bond acceptors (Lipinski definition) is 5. The molecule has 0 unspecified atom stereocenters. The monoisotopic (exact) mass is 454 g/mol. The minimum atomic E-state index is -3.53. The molecule has 146 valence electrons. The zero-order valence-electron chi connectivity index (χ0n) is 14.8. The summed E-state index contributed by atoms with van der Waals surface area (Å²) in [5.74, 6) is -0.549. The molecule has 9 heteroatoms. The summed E-state index contributed by atoms with van der Waals surface area (Å²) in [5.41, 5.74) is 1.37. The first-order valence-corrected chi connectivity index (χ1v) is 11.6. The van der Waals surface area contributed by atoms with Crippen LogP contribution in [0.3, 0.4) is 0 Å². The van der Waals surface area contributed by atoms with Gasteiger partial charge in [0.2, 0.25) is 0 Å². The van der Waals surface area contributed by atoms with Crippen LogP contribution in [-0.2, 0) is 9.84 Å². The van der Waals surface area contributed by atoms with Gasteiger partial charge < -0.3 is 0 Å². The summed E-state index contributed by atoms with van der Waals surface area (Å²) in [5, 5.41) is 5.73. The molecule has 0 spiro atoms. The molecule has 3 rings (SSSR count). The van der Waals surface area contributed by atoms with Crippen LogP contribution in [0.1, 0.15) is 23.7 Å². The molecule has 5 nitrogen and oxygen atoms in total. The highest BCUT2D eigenvalue weighted by Gasteiger charge is 2.22. The maximum atomic E-state index is 12.7. The second kappa shape index (κ2) is 8.61. The number of anilines is 1. The number of thiazole rings is 1. The van der Waals surface area contributed by atoms with Crippen LogP contribution in [0.25, 0.3) is 11.3 Å². The zero-order valence-corrected chi connectivity index (χ0v) is 17.9. The van der Waals surface area contributed by atoms with Gasteiger partial charge in [0.15, 0.2) is 15.0 Å². The van der Waals surface area contributed by atoms with E-state index in [2.05, 4.69) is 10.3 Å². The van der Waals surface area contributed by atoms with Crippen LogP contribution in [-0.4, -0.2) is 25.1 Å². The molecule has 0 aliphatic carbocycles. The van der Waals surface area contributed by atoms with Gasteiger partial charge in [-0.1, -0.05) is 42.3 Å². The highest BCUT2D eigenvalue weighted by atomic mass is 35.5. The van der Waals surface area contributed by atoms with Gasteiger partial charge in [0.05, 0.1) is 26.9 Å². The first kappa shape index (κ1) is 20.8. The topological polar surface area (TPSA) is 76.1 Å². The molecule has 1 aromatic heterocycles. The van der Waals surface area contributed by atoms with Crippen LogP contribution in [0.2, 0.25) is 10.0 Å². The van der Waals surface area contributed by atoms with E-state index >= 15 is 0 Å². The van der Waals surface area contributed by atoms with Gasteiger partial charge in [-0.2, -0.15) is 0 Å². The quantitative estimate of drug-likeness (QED) is 0.529. The van der Waals surface area contributed by atoms with Gasteiger partial charge in [-0.15, -0.1) is 11.3 Å². The Kier molecular flexibility index (Phi) is 6.40. The molecular formula is C19H16Cl2N2O3S2. The molecule has 1 amide bonds. The number of sulfone groups is 1. The van der Waals surface area contributed by atoms with Crippen molar-refractivity contribution in [3.8, 4) is 11.3 Å². The third-order valence-electron chi connectivity index (χ3n) is 3.87. The Hall–Kier alpha value is -1.93. The predicted molar refractivity (Wildman–Crippen MR) is 114 cm³/mol. The van der Waals surface area contributed by atoms with E-state index in [0.29, 0.717) is 32.9 Å². The van der Waals surface area contributed by atoms with Crippen molar-refractivity contribution in [2.45, 2.75) is 18.2 Å². The Labute approximate surface area is 177 Å². The summed E-state index contributed by atoms with van der Waals surface area (Å²) < 4.78 is 24.9. The average molecular weight is 455 g/mol. The third kappa shape index (κ3) is 4.55. The van der Waals surface area contributed by atoms with Crippen LogP contribution in [0, 0.1) is 0 Å². The van der Waals surface area contributed by atoms with Crippen LogP contribution >= 0.6 is 34.5 Å². The van der Waals surface area contributed by atoms with E-state index in [4.69, 9.17) is 23.2 Å². The Morgan fingerprint density at radius 1 is 1.18 bits per heavy atom. The Bertz CT molecular complexity index is 1130. The number of carbonyl (C=O) groups is 1. The van der Waals surface area contributed by atoms with Gasteiger partial charge >= 0.3 is 0 Å². The van der Waals surface area contributed by atoms with Gasteiger partial charge in [0.1, 0.15) is 0 Å². The molecule has 0 saturated heterocycles. The number of rotatable bonds is 6. The van der Waals surface area contributed by atoms with Crippen molar-refractivity contribution in [1.29, 1.82) is 0 Å². The van der Waals surface area contributed by atoms with E-state index in [0.717, 1.165) is 0 Å². The minimum Gasteiger partial charge on any atom is -0.298 e. The number of hydrogen-bond donors (Lipinski definition) is 1. The second-order valence-corrected chi connectivity index (χ2v) is 9.71. The Balaban J connectivity index is 1.87. The van der Waals surface area contributed by atoms with Crippen molar-refractivity contribution in [2.75, 3.05) is 11.1 Å². The standard InChI is InChI=1S/C19H16Cl2N2O3S2/c1-2-9-28(25,26)17-6-4-3-5-14(17)18(24)23-19-22-16(11-27-19)13-8-7-12(20)10-15(13)21/h3-8,10-11H,2,9H2,1H3,(H,22,23,24). The maximum absolute atomic E-state index is 12.7. The number of halogens is 2. The first-order chi connectivity index (χ1) is 13.3. The number of nitrogens with zero attached hydrogens (tertiary/aromatic N) is 1. The van der Waals surface area contributed by atoms with Crippen molar-refractivity contribution < 1.29 is 13.2 Å². The SMILES string of the molecule is CCCS(=O)(=O)c1ccccc1C(=O)Nc1nc(-c2ccc(Cl)cc2Cl)cs1. The van der Waals surface area contributed by atoms with Crippen LogP contribution in [0.4, 0.5) is 5.13 Å². The fraction of sp³-hybridized carbons (Fsp3) is 0.158. The second-order valence-electron chi connectivity index (χ2n) is 5.93. The van der Waals surface area contributed by atoms with Gasteiger partial charge in [-0.05, 0) is 36.8 Å². The lowest BCUT2D eigenvalue weighted by Gasteiger charge is -2.09. The van der Waals surface area contributed by atoms with Gasteiger partial charge in [-0.3, -0.25) is 10.1 Å². The summed E-state index contributed by atoms with van der Waals surface area (Å²) in [4.78, 5) is 17.1. The van der Waals surface area contributed by atoms with Crippen molar-refractivity contribution in [3.05, 3.63) is 63.5 Å². The third-order valence-corrected chi connectivity index (χ3v) is 7.15. The smallest absolute Gasteiger partial charge is 0.258 e. The van der Waals surface area contributed by atoms with Gasteiger partial charge in [0, 0.05) is 16.0 Å². The molecular weight excluding hydrogens is 439 g/mol. The Morgan fingerprint density at radius 2 is 1.93 bits per heavy atom. The molecule has 0 fully saturated rings. The summed E-state index contributed by atoms with van der Waals surface area (Å²) in [6, 6.07) is 11.2. The van der Waals surface area contributed by atoms with E-state index in [1.807, 2.05) is 0 Å². The van der Waals surface area contributed by atoms with Crippen molar-refractivity contribution in [1.82, 2.24) is 4.98 Å². The van der Waals surface area contributed by atoms with Crippen LogP contribution in [0.5, 0.6) is 0 Å². The van der Waals surface area contributed by atoms with E-state index in [1.165, 1.54) is 23.5 Å². The van der Waals surface area contributed by atoms with E-state index < -0.39 is 15.7 Å². The molecule has 2 aromatic carbocycles. The van der Waals surface area contributed by atoms with Gasteiger partial charge in [0.25, 0.3) is 5.91 Å². The maximum Gasteiger partial charge on any atom is 0.258 e. The van der Waals surface area contributed by atoms with Crippen LogP contribution < -0.4 is 5.32 Å². The van der Waals surface area contributed by atoms with Crippen LogP contribution in [0.15, 0.2) is 52.7 Å².